The van der Waals surface area contributed by atoms with Gasteiger partial charge in [-0.05, 0) is 49.3 Å². The van der Waals surface area contributed by atoms with E-state index in [9.17, 15) is 10.1 Å². The molecule has 0 spiro atoms. The predicted octanol–water partition coefficient (Wildman–Crippen LogP) is 4.45. The van der Waals surface area contributed by atoms with Gasteiger partial charge in [0, 0.05) is 12.1 Å². The van der Waals surface area contributed by atoms with Gasteiger partial charge in [-0.25, -0.2) is 0 Å². The van der Waals surface area contributed by atoms with Crippen LogP contribution in [0.1, 0.15) is 44.2 Å². The third-order valence-corrected chi connectivity index (χ3v) is 4.86. The lowest BCUT2D eigenvalue weighted by molar-refractivity contribution is -0.384. The number of aryl methyl sites for hydroxylation is 2. The molecule has 0 radical (unpaired) electrons. The van der Waals surface area contributed by atoms with Crippen LogP contribution >= 0.6 is 0 Å². The Morgan fingerprint density at radius 2 is 1.85 bits per heavy atom. The first-order valence-corrected chi connectivity index (χ1v) is 7.42. The van der Waals surface area contributed by atoms with Crippen molar-refractivity contribution in [3.05, 3.63) is 33.4 Å². The van der Waals surface area contributed by atoms with E-state index in [1.807, 2.05) is 19.9 Å². The minimum absolute atomic E-state index is 0.193. The van der Waals surface area contributed by atoms with Crippen molar-refractivity contribution in [3.63, 3.8) is 0 Å². The lowest BCUT2D eigenvalue weighted by Gasteiger charge is -2.35. The zero-order chi connectivity index (χ0) is 14.9. The summed E-state index contributed by atoms with van der Waals surface area (Å²) in [5, 5.41) is 14.7. The number of hydrogen-bond acceptors (Lipinski definition) is 3. The number of hydrogen-bond donors (Lipinski definition) is 1. The fourth-order valence-corrected chi connectivity index (χ4v) is 3.05. The Hall–Kier alpha value is -1.58. The maximum Gasteiger partial charge on any atom is 0.292 e. The summed E-state index contributed by atoms with van der Waals surface area (Å²) in [6.07, 6.45) is 3.55. The lowest BCUT2D eigenvalue weighted by Crippen LogP contribution is -2.35. The van der Waals surface area contributed by atoms with E-state index in [-0.39, 0.29) is 10.6 Å². The molecular formula is C16H24N2O2. The van der Waals surface area contributed by atoms with Crippen molar-refractivity contribution in [2.45, 2.75) is 53.0 Å². The van der Waals surface area contributed by atoms with Crippen molar-refractivity contribution >= 4 is 11.4 Å². The van der Waals surface area contributed by atoms with Crippen LogP contribution in [0.2, 0.25) is 0 Å². The number of rotatable bonds is 3. The Kier molecular flexibility index (Phi) is 4.31. The third kappa shape index (κ3) is 2.94. The minimum Gasteiger partial charge on any atom is -0.376 e. The van der Waals surface area contributed by atoms with Gasteiger partial charge in [-0.3, -0.25) is 10.1 Å². The highest BCUT2D eigenvalue weighted by molar-refractivity contribution is 5.65. The lowest BCUT2D eigenvalue weighted by atomic mass is 9.78. The Morgan fingerprint density at radius 3 is 2.50 bits per heavy atom. The zero-order valence-electron chi connectivity index (χ0n) is 12.8. The molecule has 1 aromatic carbocycles. The smallest absolute Gasteiger partial charge is 0.292 e. The van der Waals surface area contributed by atoms with Crippen LogP contribution in [0, 0.1) is 35.8 Å². The van der Waals surface area contributed by atoms with Gasteiger partial charge in [0.05, 0.1) is 4.92 Å². The van der Waals surface area contributed by atoms with E-state index in [0.29, 0.717) is 23.6 Å². The summed E-state index contributed by atoms with van der Waals surface area (Å²) in [5.74, 6) is 1.22. The molecule has 2 rings (SSSR count). The Bertz CT molecular complexity index is 513. The first kappa shape index (κ1) is 14.8. The molecule has 1 N–H and O–H groups in total. The normalized spacial score (nSPS) is 26.3. The van der Waals surface area contributed by atoms with E-state index in [0.717, 1.165) is 17.5 Å². The van der Waals surface area contributed by atoms with Crippen LogP contribution in [0.5, 0.6) is 0 Å². The molecule has 1 aliphatic carbocycles. The van der Waals surface area contributed by atoms with Crippen molar-refractivity contribution in [1.82, 2.24) is 0 Å². The van der Waals surface area contributed by atoms with Crippen molar-refractivity contribution in [2.75, 3.05) is 5.32 Å². The maximum absolute atomic E-state index is 11.2. The molecule has 4 heteroatoms. The van der Waals surface area contributed by atoms with Crippen LogP contribution in [-0.2, 0) is 0 Å². The minimum atomic E-state index is -0.286. The van der Waals surface area contributed by atoms with Crippen LogP contribution in [0.15, 0.2) is 12.1 Å². The highest BCUT2D eigenvalue weighted by atomic mass is 16.6. The molecule has 0 saturated heterocycles. The highest BCUT2D eigenvalue weighted by Crippen LogP contribution is 2.35. The van der Waals surface area contributed by atoms with Crippen LogP contribution < -0.4 is 5.32 Å². The van der Waals surface area contributed by atoms with Crippen LogP contribution in [-0.4, -0.2) is 11.0 Å². The first-order valence-electron chi connectivity index (χ1n) is 7.42. The summed E-state index contributed by atoms with van der Waals surface area (Å²) in [4.78, 5) is 11.0. The maximum atomic E-state index is 11.2. The summed E-state index contributed by atoms with van der Waals surface area (Å²) in [7, 11) is 0. The number of nitrogens with zero attached hydrogens (tertiary/aromatic N) is 1. The van der Waals surface area contributed by atoms with E-state index < -0.39 is 0 Å². The standard InChI is InChI=1S/C16H24N2O2/c1-10-6-5-7-14(13(10)4)17-15-8-11(2)12(3)9-16(15)18(19)20/h8-10,13-14,17H,5-7H2,1-4H3. The van der Waals surface area contributed by atoms with Gasteiger partial charge in [-0.2, -0.15) is 0 Å². The molecule has 1 aromatic rings. The number of anilines is 1. The summed E-state index contributed by atoms with van der Waals surface area (Å²) >= 11 is 0. The van der Waals surface area contributed by atoms with Crippen molar-refractivity contribution < 1.29 is 4.92 Å². The fraction of sp³-hybridized carbons (Fsp3) is 0.625. The summed E-state index contributed by atoms with van der Waals surface area (Å²) in [5.41, 5.74) is 2.92. The number of nitro groups is 1. The van der Waals surface area contributed by atoms with Gasteiger partial charge in [0.15, 0.2) is 0 Å². The van der Waals surface area contributed by atoms with E-state index in [2.05, 4.69) is 19.2 Å². The van der Waals surface area contributed by atoms with Gasteiger partial charge < -0.3 is 5.32 Å². The number of benzene rings is 1. The van der Waals surface area contributed by atoms with Gasteiger partial charge in [-0.15, -0.1) is 0 Å². The molecule has 0 aliphatic heterocycles. The molecule has 4 nitrogen and oxygen atoms in total. The summed E-state index contributed by atoms with van der Waals surface area (Å²) < 4.78 is 0. The number of nitro benzene ring substituents is 1. The van der Waals surface area contributed by atoms with E-state index in [1.165, 1.54) is 12.8 Å². The van der Waals surface area contributed by atoms with Gasteiger partial charge in [-0.1, -0.05) is 26.7 Å². The topological polar surface area (TPSA) is 55.2 Å². The summed E-state index contributed by atoms with van der Waals surface area (Å²) in [6, 6.07) is 3.92. The quantitative estimate of drug-likeness (QED) is 0.655. The molecule has 3 unspecified atom stereocenters. The monoisotopic (exact) mass is 276 g/mol. The molecule has 1 fully saturated rings. The van der Waals surface area contributed by atoms with Crippen molar-refractivity contribution in [1.29, 1.82) is 0 Å². The SMILES string of the molecule is Cc1cc(NC2CCCC(C)C2C)c([N+](=O)[O-])cc1C. The second-order valence-corrected chi connectivity index (χ2v) is 6.23. The molecule has 110 valence electrons. The zero-order valence-corrected chi connectivity index (χ0v) is 12.8. The molecule has 1 saturated carbocycles. The average molecular weight is 276 g/mol. The highest BCUT2D eigenvalue weighted by Gasteiger charge is 2.28. The Balaban J connectivity index is 2.28. The molecule has 0 bridgehead atoms. The Labute approximate surface area is 120 Å². The fourth-order valence-electron chi connectivity index (χ4n) is 3.05. The van der Waals surface area contributed by atoms with E-state index in [4.69, 9.17) is 0 Å². The number of nitrogens with one attached hydrogen (secondary N) is 1. The molecule has 0 aromatic heterocycles. The van der Waals surface area contributed by atoms with Gasteiger partial charge in [0.2, 0.25) is 0 Å². The molecule has 0 amide bonds. The van der Waals surface area contributed by atoms with Crippen molar-refractivity contribution in [3.8, 4) is 0 Å². The van der Waals surface area contributed by atoms with E-state index in [1.54, 1.807) is 6.07 Å². The molecule has 0 heterocycles. The third-order valence-electron chi connectivity index (χ3n) is 4.86. The van der Waals surface area contributed by atoms with E-state index >= 15 is 0 Å². The second-order valence-electron chi connectivity index (χ2n) is 6.23. The average Bonchev–Trinajstić information content (AvgIpc) is 2.38. The van der Waals surface area contributed by atoms with Crippen molar-refractivity contribution in [2.24, 2.45) is 11.8 Å². The molecule has 1 aliphatic rings. The molecule has 3 atom stereocenters. The second kappa shape index (κ2) is 5.81. The molecular weight excluding hydrogens is 252 g/mol. The van der Waals surface area contributed by atoms with Gasteiger partial charge >= 0.3 is 0 Å². The van der Waals surface area contributed by atoms with Crippen LogP contribution in [0.4, 0.5) is 11.4 Å². The Morgan fingerprint density at radius 1 is 1.20 bits per heavy atom. The largest absolute Gasteiger partial charge is 0.376 e. The first-order chi connectivity index (χ1) is 9.40. The van der Waals surface area contributed by atoms with Gasteiger partial charge in [0.1, 0.15) is 5.69 Å². The van der Waals surface area contributed by atoms with Crippen LogP contribution in [0.25, 0.3) is 0 Å². The predicted molar refractivity (Wildman–Crippen MR) is 82.2 cm³/mol. The molecule has 20 heavy (non-hydrogen) atoms. The summed E-state index contributed by atoms with van der Waals surface area (Å²) in [6.45, 7) is 8.43. The van der Waals surface area contributed by atoms with Crippen LogP contribution in [0.3, 0.4) is 0 Å². The van der Waals surface area contributed by atoms with Gasteiger partial charge in [0.25, 0.3) is 5.69 Å².